The molecule has 102 valence electrons. The van der Waals surface area contributed by atoms with E-state index in [4.69, 9.17) is 9.26 Å². The molecule has 0 fully saturated rings. The number of aryl methyl sites for hydroxylation is 1. The van der Waals surface area contributed by atoms with Gasteiger partial charge in [-0.15, -0.1) is 0 Å². The number of hydrogen-bond acceptors (Lipinski definition) is 5. The number of benzene rings is 1. The van der Waals surface area contributed by atoms with Gasteiger partial charge >= 0.3 is 0 Å². The third kappa shape index (κ3) is 4.03. The van der Waals surface area contributed by atoms with E-state index in [1.54, 1.807) is 13.0 Å². The smallest absolute Gasteiger partial charge is 0.264 e. The van der Waals surface area contributed by atoms with Crippen molar-refractivity contribution < 1.29 is 13.7 Å². The van der Waals surface area contributed by atoms with E-state index < -0.39 is 0 Å². The van der Waals surface area contributed by atoms with Gasteiger partial charge in [-0.3, -0.25) is 0 Å². The minimum absolute atomic E-state index is 0.130. The van der Waals surface area contributed by atoms with Crippen LogP contribution in [0.3, 0.4) is 0 Å². The quantitative estimate of drug-likeness (QED) is 0.867. The second kappa shape index (κ2) is 6.29. The first-order chi connectivity index (χ1) is 9.17. The molecule has 1 aromatic carbocycles. The minimum atomic E-state index is -0.327. The zero-order chi connectivity index (χ0) is 13.7. The Labute approximate surface area is 110 Å². The van der Waals surface area contributed by atoms with Gasteiger partial charge in [0, 0.05) is 12.6 Å². The lowest BCUT2D eigenvalue weighted by molar-refractivity contribution is 0.241. The van der Waals surface area contributed by atoms with E-state index in [9.17, 15) is 4.39 Å². The first-order valence-electron chi connectivity index (χ1n) is 6.09. The van der Waals surface area contributed by atoms with Gasteiger partial charge in [-0.25, -0.2) is 4.39 Å². The van der Waals surface area contributed by atoms with Gasteiger partial charge in [0.15, 0.2) is 12.4 Å². The highest BCUT2D eigenvalue weighted by atomic mass is 19.1. The molecule has 5 nitrogen and oxygen atoms in total. The summed E-state index contributed by atoms with van der Waals surface area (Å²) in [4.78, 5) is 4.01. The summed E-state index contributed by atoms with van der Waals surface area (Å²) in [5.74, 6) is 1.04. The van der Waals surface area contributed by atoms with Crippen LogP contribution < -0.4 is 10.1 Å². The standard InChI is InChI=1S/C13H16FN3O2/c1-3-15-7-10-4-11(14)6-12(5-10)18-8-13-16-9(2)17-19-13/h4-6,15H,3,7-8H2,1-2H3. The van der Waals surface area contributed by atoms with Crippen molar-refractivity contribution in [2.75, 3.05) is 6.54 Å². The fourth-order valence-corrected chi connectivity index (χ4v) is 1.62. The summed E-state index contributed by atoms with van der Waals surface area (Å²) in [6.45, 7) is 5.28. The van der Waals surface area contributed by atoms with Gasteiger partial charge < -0.3 is 14.6 Å². The highest BCUT2D eigenvalue weighted by molar-refractivity contribution is 5.29. The zero-order valence-electron chi connectivity index (χ0n) is 10.9. The molecule has 0 unspecified atom stereocenters. The molecule has 19 heavy (non-hydrogen) atoms. The average Bonchev–Trinajstić information content (AvgIpc) is 2.79. The maximum absolute atomic E-state index is 13.4. The van der Waals surface area contributed by atoms with Crippen molar-refractivity contribution in [2.45, 2.75) is 27.0 Å². The van der Waals surface area contributed by atoms with Crippen LogP contribution in [0, 0.1) is 12.7 Å². The van der Waals surface area contributed by atoms with E-state index in [1.807, 2.05) is 6.92 Å². The Morgan fingerprint density at radius 3 is 2.89 bits per heavy atom. The van der Waals surface area contributed by atoms with E-state index in [0.29, 0.717) is 24.0 Å². The van der Waals surface area contributed by atoms with Crippen molar-refractivity contribution in [3.63, 3.8) is 0 Å². The molecule has 6 heteroatoms. The summed E-state index contributed by atoms with van der Waals surface area (Å²) >= 11 is 0. The Hall–Kier alpha value is -1.95. The van der Waals surface area contributed by atoms with Crippen LogP contribution in [-0.4, -0.2) is 16.7 Å². The lowest BCUT2D eigenvalue weighted by Crippen LogP contribution is -2.12. The molecule has 1 aromatic heterocycles. The van der Waals surface area contributed by atoms with E-state index in [-0.39, 0.29) is 12.4 Å². The Balaban J connectivity index is 2.01. The molecule has 0 radical (unpaired) electrons. The minimum Gasteiger partial charge on any atom is -0.484 e. The first kappa shape index (κ1) is 13.5. The van der Waals surface area contributed by atoms with E-state index in [0.717, 1.165) is 12.1 Å². The summed E-state index contributed by atoms with van der Waals surface area (Å²) in [5.41, 5.74) is 0.832. The van der Waals surface area contributed by atoms with E-state index in [1.165, 1.54) is 12.1 Å². The average molecular weight is 265 g/mol. The molecule has 2 aromatic rings. The molecule has 2 rings (SSSR count). The number of nitrogens with one attached hydrogen (secondary N) is 1. The van der Waals surface area contributed by atoms with Crippen molar-refractivity contribution in [1.29, 1.82) is 0 Å². The third-order valence-corrected chi connectivity index (χ3v) is 2.44. The topological polar surface area (TPSA) is 60.2 Å². The second-order valence-electron chi connectivity index (χ2n) is 4.10. The van der Waals surface area contributed by atoms with Gasteiger partial charge in [0.2, 0.25) is 0 Å². The lowest BCUT2D eigenvalue weighted by Gasteiger charge is -2.07. The number of aromatic nitrogens is 2. The van der Waals surface area contributed by atoms with Crippen LogP contribution in [0.4, 0.5) is 4.39 Å². The molecule has 1 N–H and O–H groups in total. The molecule has 0 aliphatic heterocycles. The van der Waals surface area contributed by atoms with Crippen LogP contribution in [0.5, 0.6) is 5.75 Å². The molecule has 0 spiro atoms. The van der Waals surface area contributed by atoms with E-state index >= 15 is 0 Å². The maximum atomic E-state index is 13.4. The third-order valence-electron chi connectivity index (χ3n) is 2.44. The van der Waals surface area contributed by atoms with Crippen molar-refractivity contribution in [1.82, 2.24) is 15.5 Å². The summed E-state index contributed by atoms with van der Waals surface area (Å²) < 4.78 is 23.8. The number of halogens is 1. The largest absolute Gasteiger partial charge is 0.484 e. The number of hydrogen-bond donors (Lipinski definition) is 1. The van der Waals surface area contributed by atoms with Crippen LogP contribution in [0.2, 0.25) is 0 Å². The Bertz CT molecular complexity index is 542. The van der Waals surface area contributed by atoms with Crippen LogP contribution in [0.1, 0.15) is 24.2 Å². The molecule has 0 aliphatic carbocycles. The maximum Gasteiger partial charge on any atom is 0.264 e. The predicted molar refractivity (Wildman–Crippen MR) is 67.1 cm³/mol. The second-order valence-corrected chi connectivity index (χ2v) is 4.10. The van der Waals surface area contributed by atoms with Crippen molar-refractivity contribution in [3.8, 4) is 5.75 Å². The Kier molecular flexibility index (Phi) is 4.46. The summed E-state index contributed by atoms with van der Waals surface area (Å²) in [7, 11) is 0. The van der Waals surface area contributed by atoms with Crippen molar-refractivity contribution in [2.24, 2.45) is 0 Å². The SMILES string of the molecule is CCNCc1cc(F)cc(OCc2nc(C)no2)c1. The van der Waals surface area contributed by atoms with Crippen LogP contribution >= 0.6 is 0 Å². The van der Waals surface area contributed by atoms with Crippen LogP contribution in [-0.2, 0) is 13.2 Å². The monoisotopic (exact) mass is 265 g/mol. The Morgan fingerprint density at radius 1 is 1.37 bits per heavy atom. The van der Waals surface area contributed by atoms with Crippen molar-refractivity contribution >= 4 is 0 Å². The number of nitrogens with zero attached hydrogens (tertiary/aromatic N) is 2. The molecule has 1 heterocycles. The first-order valence-corrected chi connectivity index (χ1v) is 6.09. The molecule has 0 atom stereocenters. The normalized spacial score (nSPS) is 10.7. The number of ether oxygens (including phenoxy) is 1. The molecular weight excluding hydrogens is 249 g/mol. The Morgan fingerprint density at radius 2 is 2.21 bits per heavy atom. The molecule has 0 saturated carbocycles. The van der Waals surface area contributed by atoms with Gasteiger partial charge in [0.05, 0.1) is 0 Å². The number of rotatable bonds is 6. The lowest BCUT2D eigenvalue weighted by atomic mass is 10.2. The van der Waals surface area contributed by atoms with Gasteiger partial charge in [-0.1, -0.05) is 12.1 Å². The molecule has 0 bridgehead atoms. The molecule has 0 amide bonds. The van der Waals surface area contributed by atoms with Crippen LogP contribution in [0.15, 0.2) is 22.7 Å². The fraction of sp³-hybridized carbons (Fsp3) is 0.385. The molecule has 0 saturated heterocycles. The highest BCUT2D eigenvalue weighted by Crippen LogP contribution is 2.17. The van der Waals surface area contributed by atoms with Gasteiger partial charge in [0.1, 0.15) is 11.6 Å². The summed E-state index contributed by atoms with van der Waals surface area (Å²) in [5, 5.41) is 6.79. The fourth-order valence-electron chi connectivity index (χ4n) is 1.62. The van der Waals surface area contributed by atoms with E-state index in [2.05, 4.69) is 15.5 Å². The molecular formula is C13H16FN3O2. The summed E-state index contributed by atoms with van der Waals surface area (Å²) in [6, 6.07) is 4.60. The predicted octanol–water partition coefficient (Wildman–Crippen LogP) is 2.21. The van der Waals surface area contributed by atoms with Crippen LogP contribution in [0.25, 0.3) is 0 Å². The zero-order valence-corrected chi connectivity index (χ0v) is 10.9. The molecule has 0 aliphatic rings. The highest BCUT2D eigenvalue weighted by Gasteiger charge is 2.06. The van der Waals surface area contributed by atoms with Gasteiger partial charge in [-0.05, 0) is 31.2 Å². The van der Waals surface area contributed by atoms with Gasteiger partial charge in [-0.2, -0.15) is 4.98 Å². The van der Waals surface area contributed by atoms with Crippen molar-refractivity contribution in [3.05, 3.63) is 41.3 Å². The van der Waals surface area contributed by atoms with Gasteiger partial charge in [0.25, 0.3) is 5.89 Å². The summed E-state index contributed by atoms with van der Waals surface area (Å²) in [6.07, 6.45) is 0.